The highest BCUT2D eigenvalue weighted by Crippen LogP contribution is 2.29. The fraction of sp³-hybridized carbons (Fsp3) is 0.714. The average molecular weight is 359 g/mol. The highest BCUT2D eigenvalue weighted by Gasteiger charge is 2.25. The lowest BCUT2D eigenvalue weighted by Gasteiger charge is -2.37. The molecule has 0 saturated carbocycles. The molecule has 1 atom stereocenters. The number of rotatable bonds is 6. The lowest BCUT2D eigenvalue weighted by molar-refractivity contribution is 0.181. The zero-order valence-corrected chi connectivity index (χ0v) is 14.0. The monoisotopic (exact) mass is 358 g/mol. The van der Waals surface area contributed by atoms with E-state index in [-0.39, 0.29) is 5.56 Å². The van der Waals surface area contributed by atoms with Crippen LogP contribution in [-0.4, -0.2) is 42.6 Å². The van der Waals surface area contributed by atoms with Crippen molar-refractivity contribution in [3.05, 3.63) is 21.0 Å². The van der Waals surface area contributed by atoms with E-state index < -0.39 is 0 Å². The summed E-state index contributed by atoms with van der Waals surface area (Å²) in [4.78, 5) is 14.6. The van der Waals surface area contributed by atoms with E-state index in [9.17, 15) is 4.79 Å². The van der Waals surface area contributed by atoms with Crippen molar-refractivity contribution in [2.75, 3.05) is 31.7 Å². The summed E-state index contributed by atoms with van der Waals surface area (Å²) in [6.07, 6.45) is 6.20. The van der Waals surface area contributed by atoms with Crippen molar-refractivity contribution in [3.63, 3.8) is 0 Å². The molecule has 0 amide bonds. The number of halogens is 1. The average Bonchev–Trinajstić information content (AvgIpc) is 2.50. The third kappa shape index (κ3) is 3.84. The Morgan fingerprint density at radius 1 is 1.52 bits per heavy atom. The van der Waals surface area contributed by atoms with Gasteiger partial charge in [-0.05, 0) is 48.2 Å². The van der Waals surface area contributed by atoms with Gasteiger partial charge in [0, 0.05) is 19.7 Å². The Labute approximate surface area is 133 Å². The SMILES string of the molecule is COCCn1ncc(N2CCCCC2CCN)c(Br)c1=O. The first kappa shape index (κ1) is 16.5. The first-order valence-corrected chi connectivity index (χ1v) is 8.19. The van der Waals surface area contributed by atoms with E-state index in [1.54, 1.807) is 13.3 Å². The van der Waals surface area contributed by atoms with Crippen LogP contribution in [0.1, 0.15) is 25.7 Å². The fourth-order valence-corrected chi connectivity index (χ4v) is 3.34. The van der Waals surface area contributed by atoms with Gasteiger partial charge in [0.1, 0.15) is 4.47 Å². The van der Waals surface area contributed by atoms with Crippen LogP contribution in [-0.2, 0) is 11.3 Å². The van der Waals surface area contributed by atoms with Crippen LogP contribution < -0.4 is 16.2 Å². The molecular weight excluding hydrogens is 336 g/mol. The molecule has 0 radical (unpaired) electrons. The van der Waals surface area contributed by atoms with E-state index in [0.717, 1.165) is 31.5 Å². The summed E-state index contributed by atoms with van der Waals surface area (Å²) < 4.78 is 7.01. The van der Waals surface area contributed by atoms with Gasteiger partial charge in [0.15, 0.2) is 0 Å². The van der Waals surface area contributed by atoms with Gasteiger partial charge >= 0.3 is 0 Å². The Balaban J connectivity index is 2.26. The van der Waals surface area contributed by atoms with Crippen LogP contribution >= 0.6 is 15.9 Å². The number of piperidine rings is 1. The Kier molecular flexibility index (Phi) is 6.20. The van der Waals surface area contributed by atoms with Gasteiger partial charge in [0.2, 0.25) is 0 Å². The molecule has 7 heteroatoms. The van der Waals surface area contributed by atoms with Gasteiger partial charge in [-0.1, -0.05) is 0 Å². The van der Waals surface area contributed by atoms with Crippen LogP contribution in [0.3, 0.4) is 0 Å². The van der Waals surface area contributed by atoms with E-state index in [4.69, 9.17) is 10.5 Å². The summed E-state index contributed by atoms with van der Waals surface area (Å²) >= 11 is 3.45. The van der Waals surface area contributed by atoms with Crippen molar-refractivity contribution in [2.45, 2.75) is 38.3 Å². The Bertz CT molecular complexity index is 518. The molecule has 118 valence electrons. The molecule has 1 aliphatic heterocycles. The second-order valence-corrected chi connectivity index (χ2v) is 6.08. The summed E-state index contributed by atoms with van der Waals surface area (Å²) in [6, 6.07) is 0.399. The third-order valence-electron chi connectivity index (χ3n) is 3.91. The zero-order chi connectivity index (χ0) is 15.2. The van der Waals surface area contributed by atoms with Gasteiger partial charge in [-0.25, -0.2) is 4.68 Å². The third-order valence-corrected chi connectivity index (χ3v) is 4.66. The second kappa shape index (κ2) is 7.91. The molecule has 21 heavy (non-hydrogen) atoms. The van der Waals surface area contributed by atoms with Gasteiger partial charge in [-0.2, -0.15) is 5.10 Å². The smallest absolute Gasteiger partial charge is 0.283 e. The molecule has 6 nitrogen and oxygen atoms in total. The molecule has 1 saturated heterocycles. The molecule has 1 aromatic heterocycles. The van der Waals surface area contributed by atoms with E-state index in [1.165, 1.54) is 11.1 Å². The molecular formula is C14H23BrN4O2. The van der Waals surface area contributed by atoms with Crippen molar-refractivity contribution in [1.82, 2.24) is 9.78 Å². The van der Waals surface area contributed by atoms with Gasteiger partial charge in [0.25, 0.3) is 5.56 Å². The minimum Gasteiger partial charge on any atom is -0.383 e. The molecule has 0 aromatic carbocycles. The number of hydrogen-bond donors (Lipinski definition) is 1. The van der Waals surface area contributed by atoms with Crippen LogP contribution in [0.2, 0.25) is 0 Å². The molecule has 0 bridgehead atoms. The van der Waals surface area contributed by atoms with Crippen LogP contribution in [0.4, 0.5) is 5.69 Å². The Hall–Kier alpha value is -0.920. The van der Waals surface area contributed by atoms with Crippen molar-refractivity contribution < 1.29 is 4.74 Å². The standard InChI is InChI=1S/C14H23BrN4O2/c1-21-9-8-19-14(20)13(15)12(10-17-19)18-7-3-2-4-11(18)5-6-16/h10-11H,2-9,16H2,1H3. The number of ether oxygens (including phenoxy) is 1. The lowest BCUT2D eigenvalue weighted by Crippen LogP contribution is -2.42. The maximum absolute atomic E-state index is 12.3. The van der Waals surface area contributed by atoms with Crippen LogP contribution in [0, 0.1) is 0 Å². The predicted octanol–water partition coefficient (Wildman–Crippen LogP) is 1.36. The maximum Gasteiger partial charge on any atom is 0.283 e. The molecule has 0 spiro atoms. The van der Waals surface area contributed by atoms with Crippen LogP contribution in [0.5, 0.6) is 0 Å². The summed E-state index contributed by atoms with van der Waals surface area (Å²) in [6.45, 7) is 2.54. The summed E-state index contributed by atoms with van der Waals surface area (Å²) in [5.74, 6) is 0. The minimum absolute atomic E-state index is 0.110. The van der Waals surface area contributed by atoms with Crippen molar-refractivity contribution in [2.24, 2.45) is 5.73 Å². The van der Waals surface area contributed by atoms with Gasteiger partial charge in [-0.15, -0.1) is 0 Å². The molecule has 2 heterocycles. The first-order valence-electron chi connectivity index (χ1n) is 7.40. The first-order chi connectivity index (χ1) is 10.2. The van der Waals surface area contributed by atoms with Crippen molar-refractivity contribution in [1.29, 1.82) is 0 Å². The number of nitrogens with zero attached hydrogens (tertiary/aromatic N) is 3. The summed E-state index contributed by atoms with van der Waals surface area (Å²) in [5, 5.41) is 4.27. The number of aromatic nitrogens is 2. The number of methoxy groups -OCH3 is 1. The van der Waals surface area contributed by atoms with E-state index in [0.29, 0.717) is 30.2 Å². The zero-order valence-electron chi connectivity index (χ0n) is 12.4. The van der Waals surface area contributed by atoms with Crippen molar-refractivity contribution in [3.8, 4) is 0 Å². The molecule has 1 aromatic rings. The molecule has 2 N–H and O–H groups in total. The van der Waals surface area contributed by atoms with Crippen LogP contribution in [0.25, 0.3) is 0 Å². The van der Waals surface area contributed by atoms with Gasteiger partial charge in [-0.3, -0.25) is 4.79 Å². The number of nitrogens with two attached hydrogens (primary N) is 1. The van der Waals surface area contributed by atoms with E-state index in [1.807, 2.05) is 0 Å². The summed E-state index contributed by atoms with van der Waals surface area (Å²) in [5.41, 5.74) is 6.48. The number of anilines is 1. The fourth-order valence-electron chi connectivity index (χ4n) is 2.80. The molecule has 1 unspecified atom stereocenters. The maximum atomic E-state index is 12.3. The number of hydrogen-bond acceptors (Lipinski definition) is 5. The van der Waals surface area contributed by atoms with Crippen LogP contribution in [0.15, 0.2) is 15.5 Å². The Morgan fingerprint density at radius 2 is 2.33 bits per heavy atom. The quantitative estimate of drug-likeness (QED) is 0.830. The highest BCUT2D eigenvalue weighted by molar-refractivity contribution is 9.10. The van der Waals surface area contributed by atoms with Gasteiger partial charge < -0.3 is 15.4 Å². The lowest BCUT2D eigenvalue weighted by atomic mass is 9.99. The Morgan fingerprint density at radius 3 is 3.05 bits per heavy atom. The molecule has 0 aliphatic carbocycles. The van der Waals surface area contributed by atoms with Gasteiger partial charge in [0.05, 0.1) is 25.0 Å². The predicted molar refractivity (Wildman–Crippen MR) is 86.7 cm³/mol. The second-order valence-electron chi connectivity index (χ2n) is 5.29. The topological polar surface area (TPSA) is 73.4 Å². The highest BCUT2D eigenvalue weighted by atomic mass is 79.9. The van der Waals surface area contributed by atoms with E-state index >= 15 is 0 Å². The molecule has 2 rings (SSSR count). The van der Waals surface area contributed by atoms with Crippen molar-refractivity contribution >= 4 is 21.6 Å². The molecule has 1 aliphatic rings. The minimum atomic E-state index is -0.110. The van der Waals surface area contributed by atoms with E-state index in [2.05, 4.69) is 25.9 Å². The molecule has 1 fully saturated rings. The largest absolute Gasteiger partial charge is 0.383 e. The summed E-state index contributed by atoms with van der Waals surface area (Å²) in [7, 11) is 1.61. The normalized spacial score (nSPS) is 19.0.